The Morgan fingerprint density at radius 2 is 1.68 bits per heavy atom. The van der Waals surface area contributed by atoms with Crippen molar-refractivity contribution in [1.82, 2.24) is 9.55 Å². The van der Waals surface area contributed by atoms with Crippen LogP contribution in [0.2, 0.25) is 0 Å². The molecule has 0 amide bonds. The van der Waals surface area contributed by atoms with Gasteiger partial charge in [-0.1, -0.05) is 17.7 Å². The van der Waals surface area contributed by atoms with Crippen molar-refractivity contribution in [2.24, 2.45) is 10.1 Å². The number of nitrogens with two attached hydrogens (primary N) is 1. The van der Waals surface area contributed by atoms with Crippen LogP contribution in [0, 0.1) is 6.92 Å². The van der Waals surface area contributed by atoms with Crippen LogP contribution in [0.3, 0.4) is 0 Å². The Morgan fingerprint density at radius 3 is 2.25 bits per heavy atom. The molecule has 9 nitrogen and oxygen atoms in total. The van der Waals surface area contributed by atoms with E-state index < -0.39 is 27.2 Å². The summed E-state index contributed by atoms with van der Waals surface area (Å²) < 4.78 is 23.5. The van der Waals surface area contributed by atoms with Gasteiger partial charge >= 0.3 is 5.69 Å². The fraction of sp³-hybridized carbons (Fsp3) is 0.0556. The minimum atomic E-state index is -3.83. The normalized spacial score (nSPS) is 11.8. The van der Waals surface area contributed by atoms with Crippen LogP contribution in [-0.2, 0) is 10.0 Å². The maximum atomic E-state index is 12.1. The van der Waals surface area contributed by atoms with Crippen molar-refractivity contribution in [1.29, 1.82) is 0 Å². The molecule has 0 radical (unpaired) electrons. The molecule has 1 aromatic heterocycles. The molecule has 0 spiro atoms. The Labute approximate surface area is 159 Å². The molecule has 3 aromatic rings. The average molecular weight is 400 g/mol. The van der Waals surface area contributed by atoms with Crippen molar-refractivity contribution in [2.75, 3.05) is 0 Å². The lowest BCUT2D eigenvalue weighted by atomic mass is 10.2. The third kappa shape index (κ3) is 3.92. The molecule has 1 heterocycles. The number of rotatable bonds is 4. The number of aromatic nitrogens is 2. The maximum absolute atomic E-state index is 12.1. The number of nitrogens with one attached hydrogen (secondary N) is 1. The Kier molecular flexibility index (Phi) is 4.99. The Balaban J connectivity index is 2.04. The molecule has 0 saturated heterocycles. The average Bonchev–Trinajstić information content (AvgIpc) is 2.62. The second-order valence-corrected chi connectivity index (χ2v) is 7.53. The quantitative estimate of drug-likeness (QED) is 0.558. The van der Waals surface area contributed by atoms with E-state index in [0.29, 0.717) is 11.4 Å². The van der Waals surface area contributed by atoms with Gasteiger partial charge in [-0.2, -0.15) is 0 Å². The second kappa shape index (κ2) is 7.25. The van der Waals surface area contributed by atoms with Crippen molar-refractivity contribution in [3.05, 3.63) is 80.5 Å². The smallest absolute Gasteiger partial charge is 0.335 e. The number of aryl methyl sites for hydroxylation is 1. The monoisotopic (exact) mass is 400 g/mol. The lowest BCUT2D eigenvalue weighted by molar-refractivity contribution is 0.430. The highest BCUT2D eigenvalue weighted by atomic mass is 32.2. The van der Waals surface area contributed by atoms with Gasteiger partial charge in [0, 0.05) is 6.21 Å². The van der Waals surface area contributed by atoms with E-state index in [4.69, 9.17) is 5.14 Å². The SMILES string of the molecule is Cc1ccc(-n2c(O)c(C=Nc3ccc(S(N)(=O)=O)cc3)c(=O)[nH]c2=O)cc1. The first-order valence-electron chi connectivity index (χ1n) is 7.99. The number of benzene rings is 2. The Hall–Kier alpha value is -3.50. The maximum Gasteiger partial charge on any atom is 0.335 e. The summed E-state index contributed by atoms with van der Waals surface area (Å²) in [4.78, 5) is 30.3. The molecule has 28 heavy (non-hydrogen) atoms. The fourth-order valence-corrected chi connectivity index (χ4v) is 2.96. The van der Waals surface area contributed by atoms with E-state index in [0.717, 1.165) is 16.3 Å². The third-order valence-corrected chi connectivity index (χ3v) is 4.85. The van der Waals surface area contributed by atoms with E-state index in [1.165, 1.54) is 24.3 Å². The summed E-state index contributed by atoms with van der Waals surface area (Å²) in [5, 5.41) is 15.5. The van der Waals surface area contributed by atoms with Crippen LogP contribution in [0.4, 0.5) is 5.69 Å². The van der Waals surface area contributed by atoms with Crippen LogP contribution in [0.15, 0.2) is 68.0 Å². The van der Waals surface area contributed by atoms with E-state index in [1.807, 2.05) is 6.92 Å². The van der Waals surface area contributed by atoms with Crippen LogP contribution in [0.1, 0.15) is 11.1 Å². The van der Waals surface area contributed by atoms with E-state index in [-0.39, 0.29) is 10.5 Å². The van der Waals surface area contributed by atoms with Crippen LogP contribution >= 0.6 is 0 Å². The third-order valence-electron chi connectivity index (χ3n) is 3.92. The van der Waals surface area contributed by atoms with Gasteiger partial charge in [0.25, 0.3) is 5.56 Å². The molecule has 3 rings (SSSR count). The predicted octanol–water partition coefficient (Wildman–Crippen LogP) is 0.938. The minimum Gasteiger partial charge on any atom is -0.493 e. The Morgan fingerprint density at radius 1 is 1.07 bits per heavy atom. The van der Waals surface area contributed by atoms with Gasteiger partial charge in [-0.25, -0.2) is 22.9 Å². The zero-order chi connectivity index (χ0) is 20.5. The number of hydrogen-bond acceptors (Lipinski definition) is 6. The highest BCUT2D eigenvalue weighted by Crippen LogP contribution is 2.18. The zero-order valence-electron chi connectivity index (χ0n) is 14.7. The van der Waals surface area contributed by atoms with Crippen LogP contribution in [0.5, 0.6) is 5.88 Å². The van der Waals surface area contributed by atoms with Gasteiger partial charge in [0.1, 0.15) is 5.56 Å². The standard InChI is InChI=1S/C18H16N4O5S/c1-11-2-6-13(7-3-11)22-17(24)15(16(23)21-18(22)25)10-20-12-4-8-14(9-5-12)28(19,26)27/h2-10,24H,1H3,(H2,19,26,27)(H,21,23,25). The van der Waals surface area contributed by atoms with E-state index in [9.17, 15) is 23.1 Å². The summed E-state index contributed by atoms with van der Waals surface area (Å²) in [6, 6.07) is 12.1. The first-order chi connectivity index (χ1) is 13.2. The number of hydrogen-bond donors (Lipinski definition) is 3. The highest BCUT2D eigenvalue weighted by molar-refractivity contribution is 7.89. The number of aliphatic imine (C=N–C) groups is 1. The number of sulfonamides is 1. The number of nitrogens with zero attached hydrogens (tertiary/aromatic N) is 2. The lowest BCUT2D eigenvalue weighted by Crippen LogP contribution is -2.31. The van der Waals surface area contributed by atoms with Crippen molar-refractivity contribution in [2.45, 2.75) is 11.8 Å². The summed E-state index contributed by atoms with van der Waals surface area (Å²) in [7, 11) is -3.83. The van der Waals surface area contributed by atoms with Crippen LogP contribution in [-0.4, -0.2) is 29.3 Å². The first-order valence-corrected chi connectivity index (χ1v) is 9.54. The molecule has 0 aliphatic rings. The topological polar surface area (TPSA) is 148 Å². The molecule has 0 saturated carbocycles. The highest BCUT2D eigenvalue weighted by Gasteiger charge is 2.14. The van der Waals surface area contributed by atoms with Gasteiger partial charge in [-0.05, 0) is 43.3 Å². The van der Waals surface area contributed by atoms with Gasteiger partial charge in [-0.3, -0.25) is 14.8 Å². The summed E-state index contributed by atoms with van der Waals surface area (Å²) in [6.45, 7) is 1.87. The molecule has 0 atom stereocenters. The molecule has 0 aliphatic carbocycles. The summed E-state index contributed by atoms with van der Waals surface area (Å²) in [5.41, 5.74) is -0.172. The molecular weight excluding hydrogens is 384 g/mol. The van der Waals surface area contributed by atoms with Crippen molar-refractivity contribution in [3.63, 3.8) is 0 Å². The number of H-pyrrole nitrogens is 1. The van der Waals surface area contributed by atoms with Crippen molar-refractivity contribution < 1.29 is 13.5 Å². The van der Waals surface area contributed by atoms with Crippen molar-refractivity contribution >= 4 is 21.9 Å². The van der Waals surface area contributed by atoms with Crippen LogP contribution in [0.25, 0.3) is 5.69 Å². The minimum absolute atomic E-state index is 0.0833. The zero-order valence-corrected chi connectivity index (χ0v) is 15.5. The van der Waals surface area contributed by atoms with Crippen LogP contribution < -0.4 is 16.4 Å². The summed E-state index contributed by atoms with van der Waals surface area (Å²) in [5.74, 6) is -0.567. The van der Waals surface area contributed by atoms with E-state index in [1.54, 1.807) is 24.3 Å². The molecule has 4 N–H and O–H groups in total. The molecular formula is C18H16N4O5S. The molecule has 0 aliphatic heterocycles. The lowest BCUT2D eigenvalue weighted by Gasteiger charge is -2.09. The Bertz CT molecular complexity index is 1270. The molecule has 0 bridgehead atoms. The molecule has 2 aromatic carbocycles. The molecule has 144 valence electrons. The van der Waals surface area contributed by atoms with Gasteiger partial charge < -0.3 is 5.11 Å². The molecule has 10 heteroatoms. The molecule has 0 unspecified atom stereocenters. The molecule has 0 fully saturated rings. The van der Waals surface area contributed by atoms with E-state index in [2.05, 4.69) is 9.98 Å². The fourth-order valence-electron chi connectivity index (χ4n) is 2.45. The van der Waals surface area contributed by atoms with E-state index >= 15 is 0 Å². The predicted molar refractivity (Wildman–Crippen MR) is 104 cm³/mol. The number of aromatic hydroxyl groups is 1. The summed E-state index contributed by atoms with van der Waals surface area (Å²) >= 11 is 0. The first kappa shape index (κ1) is 19.3. The van der Waals surface area contributed by atoms with Gasteiger partial charge in [0.05, 0.1) is 16.3 Å². The van der Waals surface area contributed by atoms with Gasteiger partial charge in [0.2, 0.25) is 15.9 Å². The largest absolute Gasteiger partial charge is 0.493 e. The summed E-state index contributed by atoms with van der Waals surface area (Å²) in [6.07, 6.45) is 1.09. The van der Waals surface area contributed by atoms with Gasteiger partial charge in [0.15, 0.2) is 0 Å². The number of primary sulfonamides is 1. The van der Waals surface area contributed by atoms with Crippen molar-refractivity contribution in [3.8, 4) is 11.6 Å². The number of aromatic amines is 1. The second-order valence-electron chi connectivity index (χ2n) is 5.96. The van der Waals surface area contributed by atoms with Gasteiger partial charge in [-0.15, -0.1) is 0 Å².